The minimum Gasteiger partial charge on any atom is -0.308 e. The summed E-state index contributed by atoms with van der Waals surface area (Å²) < 4.78 is 26.6. The Morgan fingerprint density at radius 3 is 2.55 bits per heavy atom. The van der Waals surface area contributed by atoms with Gasteiger partial charge in [-0.3, -0.25) is 0 Å². The number of anilines is 1. The first-order valence-electron chi connectivity index (χ1n) is 6.68. The first-order valence-corrected chi connectivity index (χ1v) is 8.12. The fourth-order valence-corrected chi connectivity index (χ4v) is 3.87. The minimum absolute atomic E-state index is 0.121. The fraction of sp³-hybridized carbons (Fsp3) is 0.615. The normalized spacial score (nSPS) is 21.1. The molecule has 1 fully saturated rings. The van der Waals surface area contributed by atoms with Crippen molar-refractivity contribution in [1.82, 2.24) is 9.29 Å². The largest absolute Gasteiger partial charge is 0.308 e. The zero-order chi connectivity index (χ0) is 15.0. The topological polar surface area (TPSA) is 88.3 Å². The zero-order valence-electron chi connectivity index (χ0n) is 12.1. The van der Waals surface area contributed by atoms with E-state index in [2.05, 4.69) is 31.2 Å². The van der Waals surface area contributed by atoms with Gasteiger partial charge in [0.15, 0.2) is 0 Å². The molecule has 1 aromatic heterocycles. The van der Waals surface area contributed by atoms with Gasteiger partial charge < -0.3 is 5.43 Å². The molecule has 1 aliphatic heterocycles. The molecule has 112 valence electrons. The van der Waals surface area contributed by atoms with Crippen LogP contribution in [0.1, 0.15) is 27.2 Å². The molecule has 1 unspecified atom stereocenters. The molecule has 0 bridgehead atoms. The minimum atomic E-state index is -3.45. The fourth-order valence-electron chi connectivity index (χ4n) is 2.42. The molecule has 0 aromatic carbocycles. The summed E-state index contributed by atoms with van der Waals surface area (Å²) in [6.07, 6.45) is 2.24. The number of nitrogens with zero attached hydrogens (tertiary/aromatic N) is 2. The van der Waals surface area contributed by atoms with Gasteiger partial charge in [-0.15, -0.1) is 0 Å². The maximum absolute atomic E-state index is 12.5. The van der Waals surface area contributed by atoms with Gasteiger partial charge >= 0.3 is 0 Å². The summed E-state index contributed by atoms with van der Waals surface area (Å²) in [5, 5.41) is 0. The monoisotopic (exact) mass is 298 g/mol. The van der Waals surface area contributed by atoms with E-state index in [4.69, 9.17) is 5.84 Å². The molecule has 2 heterocycles. The number of rotatable bonds is 3. The van der Waals surface area contributed by atoms with Gasteiger partial charge in [-0.05, 0) is 29.9 Å². The molecule has 2 rings (SSSR count). The Bertz CT molecular complexity index is 563. The quantitative estimate of drug-likeness (QED) is 0.651. The lowest BCUT2D eigenvalue weighted by molar-refractivity contribution is 0.252. The van der Waals surface area contributed by atoms with E-state index in [1.54, 1.807) is 10.4 Å². The smallest absolute Gasteiger partial charge is 0.244 e. The highest BCUT2D eigenvalue weighted by molar-refractivity contribution is 7.89. The van der Waals surface area contributed by atoms with Gasteiger partial charge in [0.25, 0.3) is 0 Å². The van der Waals surface area contributed by atoms with E-state index in [0.29, 0.717) is 24.8 Å². The van der Waals surface area contributed by atoms with Crippen molar-refractivity contribution in [2.45, 2.75) is 32.1 Å². The van der Waals surface area contributed by atoms with E-state index in [-0.39, 0.29) is 10.3 Å². The third-order valence-electron chi connectivity index (χ3n) is 3.90. The van der Waals surface area contributed by atoms with Crippen molar-refractivity contribution in [1.29, 1.82) is 0 Å². The van der Waals surface area contributed by atoms with Crippen LogP contribution in [0.3, 0.4) is 0 Å². The van der Waals surface area contributed by atoms with Gasteiger partial charge in [0.05, 0.1) is 0 Å². The van der Waals surface area contributed by atoms with Gasteiger partial charge in [-0.2, -0.15) is 4.31 Å². The lowest BCUT2D eigenvalue weighted by Crippen LogP contribution is -2.31. The number of hydrogen-bond donors (Lipinski definition) is 2. The van der Waals surface area contributed by atoms with Gasteiger partial charge in [-0.25, -0.2) is 19.2 Å². The third kappa shape index (κ3) is 2.94. The van der Waals surface area contributed by atoms with Crippen LogP contribution in [0.25, 0.3) is 0 Å². The zero-order valence-corrected chi connectivity index (χ0v) is 12.9. The molecule has 6 nitrogen and oxygen atoms in total. The van der Waals surface area contributed by atoms with E-state index < -0.39 is 10.0 Å². The number of hydrogen-bond acceptors (Lipinski definition) is 5. The Hall–Kier alpha value is -1.18. The molecule has 0 radical (unpaired) electrons. The summed E-state index contributed by atoms with van der Waals surface area (Å²) in [5.74, 6) is 6.05. The summed E-state index contributed by atoms with van der Waals surface area (Å²) in [5.41, 5.74) is 2.50. The highest BCUT2D eigenvalue weighted by Gasteiger charge is 2.37. The highest BCUT2D eigenvalue weighted by atomic mass is 32.2. The molecule has 0 saturated carbocycles. The molecule has 1 atom stereocenters. The van der Waals surface area contributed by atoms with Crippen molar-refractivity contribution in [3.63, 3.8) is 0 Å². The number of nitrogen functional groups attached to an aromatic ring is 1. The average molecular weight is 298 g/mol. The summed E-state index contributed by atoms with van der Waals surface area (Å²) in [7, 11) is -3.45. The third-order valence-corrected chi connectivity index (χ3v) is 5.75. The van der Waals surface area contributed by atoms with E-state index in [0.717, 1.165) is 6.42 Å². The van der Waals surface area contributed by atoms with Crippen molar-refractivity contribution < 1.29 is 8.42 Å². The summed E-state index contributed by atoms with van der Waals surface area (Å²) in [6.45, 7) is 7.59. The van der Waals surface area contributed by atoms with Crippen LogP contribution < -0.4 is 11.3 Å². The number of nitrogens with one attached hydrogen (secondary N) is 1. The van der Waals surface area contributed by atoms with Crippen LogP contribution in [0.5, 0.6) is 0 Å². The maximum atomic E-state index is 12.5. The average Bonchev–Trinajstić information content (AvgIpc) is 2.89. The Kier molecular flexibility index (Phi) is 4.04. The second-order valence-corrected chi connectivity index (χ2v) is 8.18. The SMILES string of the molecule is CC(C)(C)C1CCN(S(=O)(=O)c2ccc(NN)nc2)C1. The molecule has 0 spiro atoms. The molecule has 1 aromatic rings. The van der Waals surface area contributed by atoms with E-state index in [1.807, 2.05) is 0 Å². The number of nitrogens with two attached hydrogens (primary N) is 1. The lowest BCUT2D eigenvalue weighted by atomic mass is 9.80. The first-order chi connectivity index (χ1) is 9.25. The maximum Gasteiger partial charge on any atom is 0.244 e. The van der Waals surface area contributed by atoms with E-state index in [1.165, 1.54) is 12.3 Å². The van der Waals surface area contributed by atoms with Crippen LogP contribution in [-0.2, 0) is 10.0 Å². The molecule has 3 N–H and O–H groups in total. The Morgan fingerprint density at radius 2 is 2.10 bits per heavy atom. The molecule has 7 heteroatoms. The number of sulfonamides is 1. The van der Waals surface area contributed by atoms with Crippen molar-refractivity contribution in [3.8, 4) is 0 Å². The summed E-state index contributed by atoms with van der Waals surface area (Å²) in [6, 6.07) is 3.09. The Balaban J connectivity index is 2.19. The van der Waals surface area contributed by atoms with Crippen LogP contribution in [0.4, 0.5) is 5.82 Å². The predicted octanol–water partition coefficient (Wildman–Crippen LogP) is 1.42. The van der Waals surface area contributed by atoms with Gasteiger partial charge in [0.2, 0.25) is 10.0 Å². The Labute approximate surface area is 120 Å². The van der Waals surface area contributed by atoms with Crippen molar-refractivity contribution >= 4 is 15.8 Å². The first kappa shape index (κ1) is 15.2. The van der Waals surface area contributed by atoms with Crippen LogP contribution in [0.2, 0.25) is 0 Å². The van der Waals surface area contributed by atoms with Gasteiger partial charge in [0.1, 0.15) is 10.7 Å². The van der Waals surface area contributed by atoms with E-state index >= 15 is 0 Å². The highest BCUT2D eigenvalue weighted by Crippen LogP contribution is 2.35. The van der Waals surface area contributed by atoms with Crippen LogP contribution in [0, 0.1) is 11.3 Å². The van der Waals surface area contributed by atoms with Gasteiger partial charge in [0, 0.05) is 19.3 Å². The predicted molar refractivity (Wildman–Crippen MR) is 78.4 cm³/mol. The van der Waals surface area contributed by atoms with Crippen molar-refractivity contribution in [2.75, 3.05) is 18.5 Å². The van der Waals surface area contributed by atoms with Crippen molar-refractivity contribution in [3.05, 3.63) is 18.3 Å². The number of pyridine rings is 1. The van der Waals surface area contributed by atoms with Crippen LogP contribution >= 0.6 is 0 Å². The van der Waals surface area contributed by atoms with E-state index in [9.17, 15) is 8.42 Å². The van der Waals surface area contributed by atoms with Crippen LogP contribution in [0.15, 0.2) is 23.2 Å². The molecule has 1 aliphatic rings. The lowest BCUT2D eigenvalue weighted by Gasteiger charge is -2.26. The second kappa shape index (κ2) is 5.31. The molecule has 1 saturated heterocycles. The van der Waals surface area contributed by atoms with Crippen LogP contribution in [-0.4, -0.2) is 30.8 Å². The number of hydrazine groups is 1. The van der Waals surface area contributed by atoms with Crippen molar-refractivity contribution in [2.24, 2.45) is 17.2 Å². The Morgan fingerprint density at radius 1 is 1.40 bits per heavy atom. The molecular formula is C13H22N4O2S. The van der Waals surface area contributed by atoms with Gasteiger partial charge in [-0.1, -0.05) is 20.8 Å². The molecule has 0 aliphatic carbocycles. The molecule has 0 amide bonds. The summed E-state index contributed by atoms with van der Waals surface area (Å²) in [4.78, 5) is 4.17. The molecule has 20 heavy (non-hydrogen) atoms. The standard InChI is InChI=1S/C13H22N4O2S/c1-13(2,3)10-6-7-17(9-10)20(18,19)11-4-5-12(16-14)15-8-11/h4-5,8,10H,6-7,9,14H2,1-3H3,(H,15,16). The number of aromatic nitrogens is 1. The second-order valence-electron chi connectivity index (χ2n) is 6.24. The molecular weight excluding hydrogens is 276 g/mol. The summed E-state index contributed by atoms with van der Waals surface area (Å²) >= 11 is 0.